The lowest BCUT2D eigenvalue weighted by Gasteiger charge is -2.15. The molecule has 0 fully saturated rings. The Hall–Kier alpha value is -3.42. The number of halogens is 1. The SMILES string of the molecule is CC(Oc1ccc(F)cc1)C(=O)NNC(=O)CCNC(=O)c1ccccc1. The number of nitrogens with one attached hydrogen (secondary N) is 3. The third-order valence-corrected chi connectivity index (χ3v) is 3.49. The van der Waals surface area contributed by atoms with Crippen LogP contribution in [0.5, 0.6) is 5.75 Å². The van der Waals surface area contributed by atoms with Gasteiger partial charge in [0.1, 0.15) is 11.6 Å². The molecule has 0 aromatic heterocycles. The molecule has 0 aliphatic rings. The summed E-state index contributed by atoms with van der Waals surface area (Å²) in [5.41, 5.74) is 4.97. The molecule has 2 aromatic carbocycles. The van der Waals surface area contributed by atoms with E-state index in [1.165, 1.54) is 31.2 Å². The van der Waals surface area contributed by atoms with E-state index in [1.54, 1.807) is 30.3 Å². The Bertz CT molecular complexity index is 781. The second-order valence-corrected chi connectivity index (χ2v) is 5.62. The Morgan fingerprint density at radius 1 is 1.00 bits per heavy atom. The highest BCUT2D eigenvalue weighted by Gasteiger charge is 2.15. The topological polar surface area (TPSA) is 96.5 Å². The van der Waals surface area contributed by atoms with Crippen LogP contribution in [0.2, 0.25) is 0 Å². The quantitative estimate of drug-likeness (QED) is 0.642. The molecule has 3 amide bonds. The lowest BCUT2D eigenvalue weighted by Crippen LogP contribution is -2.47. The van der Waals surface area contributed by atoms with E-state index in [9.17, 15) is 18.8 Å². The minimum absolute atomic E-state index is 0.00788. The maximum Gasteiger partial charge on any atom is 0.279 e. The van der Waals surface area contributed by atoms with E-state index in [2.05, 4.69) is 16.2 Å². The lowest BCUT2D eigenvalue weighted by atomic mass is 10.2. The zero-order valence-electron chi connectivity index (χ0n) is 14.7. The monoisotopic (exact) mass is 373 g/mol. The minimum atomic E-state index is -0.895. The zero-order valence-corrected chi connectivity index (χ0v) is 14.7. The van der Waals surface area contributed by atoms with Crippen LogP contribution in [0.15, 0.2) is 54.6 Å². The average molecular weight is 373 g/mol. The molecule has 0 aliphatic heterocycles. The smallest absolute Gasteiger partial charge is 0.279 e. The van der Waals surface area contributed by atoms with Gasteiger partial charge in [-0.05, 0) is 43.3 Å². The van der Waals surface area contributed by atoms with Gasteiger partial charge in [0.25, 0.3) is 11.8 Å². The van der Waals surface area contributed by atoms with Gasteiger partial charge in [-0.2, -0.15) is 0 Å². The molecular weight excluding hydrogens is 353 g/mol. The molecule has 2 rings (SSSR count). The fourth-order valence-electron chi connectivity index (χ4n) is 2.05. The third-order valence-electron chi connectivity index (χ3n) is 3.49. The number of amides is 3. The van der Waals surface area contributed by atoms with E-state index >= 15 is 0 Å². The maximum atomic E-state index is 12.8. The lowest BCUT2D eigenvalue weighted by molar-refractivity contribution is -0.132. The Morgan fingerprint density at radius 3 is 2.33 bits per heavy atom. The van der Waals surface area contributed by atoms with Gasteiger partial charge in [-0.15, -0.1) is 0 Å². The Labute approximate surface area is 155 Å². The molecule has 0 radical (unpaired) electrons. The first-order valence-electron chi connectivity index (χ1n) is 8.30. The van der Waals surface area contributed by atoms with Gasteiger partial charge in [-0.1, -0.05) is 18.2 Å². The summed E-state index contributed by atoms with van der Waals surface area (Å²) < 4.78 is 18.2. The normalized spacial score (nSPS) is 11.2. The third kappa shape index (κ3) is 6.77. The maximum absolute atomic E-state index is 12.8. The molecule has 0 spiro atoms. The van der Waals surface area contributed by atoms with Crippen LogP contribution in [-0.4, -0.2) is 30.4 Å². The summed E-state index contributed by atoms with van der Waals surface area (Å²) in [4.78, 5) is 35.4. The van der Waals surface area contributed by atoms with Crippen molar-refractivity contribution >= 4 is 17.7 Å². The van der Waals surface area contributed by atoms with Crippen molar-refractivity contribution < 1.29 is 23.5 Å². The second-order valence-electron chi connectivity index (χ2n) is 5.62. The van der Waals surface area contributed by atoms with Crippen molar-refractivity contribution in [2.75, 3.05) is 6.54 Å². The van der Waals surface area contributed by atoms with Crippen molar-refractivity contribution in [3.63, 3.8) is 0 Å². The van der Waals surface area contributed by atoms with E-state index < -0.39 is 23.7 Å². The Morgan fingerprint density at radius 2 is 1.67 bits per heavy atom. The molecule has 8 heteroatoms. The van der Waals surface area contributed by atoms with Crippen molar-refractivity contribution in [3.05, 3.63) is 66.0 Å². The first-order chi connectivity index (χ1) is 13.0. The van der Waals surface area contributed by atoms with E-state index in [4.69, 9.17) is 4.74 Å². The second kappa shape index (κ2) is 9.91. The van der Waals surface area contributed by atoms with Crippen LogP contribution in [0.1, 0.15) is 23.7 Å². The summed E-state index contributed by atoms with van der Waals surface area (Å²) in [6, 6.07) is 13.8. The molecule has 0 aliphatic carbocycles. The van der Waals surface area contributed by atoms with Crippen LogP contribution < -0.4 is 20.9 Å². The molecule has 3 N–H and O–H groups in total. The molecule has 27 heavy (non-hydrogen) atoms. The number of ether oxygens (including phenoxy) is 1. The van der Waals surface area contributed by atoms with Gasteiger partial charge in [-0.25, -0.2) is 4.39 Å². The fourth-order valence-corrected chi connectivity index (χ4v) is 2.05. The number of hydrogen-bond donors (Lipinski definition) is 3. The van der Waals surface area contributed by atoms with Crippen molar-refractivity contribution in [1.82, 2.24) is 16.2 Å². The largest absolute Gasteiger partial charge is 0.481 e. The fraction of sp³-hybridized carbons (Fsp3) is 0.211. The van der Waals surface area contributed by atoms with E-state index in [0.29, 0.717) is 11.3 Å². The molecule has 7 nitrogen and oxygen atoms in total. The Kier molecular flexibility index (Phi) is 7.30. The van der Waals surface area contributed by atoms with Crippen LogP contribution in [-0.2, 0) is 9.59 Å². The number of hydrogen-bond acceptors (Lipinski definition) is 4. The predicted molar refractivity (Wildman–Crippen MR) is 96.2 cm³/mol. The number of benzene rings is 2. The highest BCUT2D eigenvalue weighted by Crippen LogP contribution is 2.12. The van der Waals surface area contributed by atoms with Gasteiger partial charge >= 0.3 is 0 Å². The van der Waals surface area contributed by atoms with Crippen LogP contribution >= 0.6 is 0 Å². The summed E-state index contributed by atoms with van der Waals surface area (Å²) >= 11 is 0. The summed E-state index contributed by atoms with van der Waals surface area (Å²) in [7, 11) is 0. The van der Waals surface area contributed by atoms with Gasteiger partial charge in [0.05, 0.1) is 0 Å². The van der Waals surface area contributed by atoms with E-state index in [-0.39, 0.29) is 18.9 Å². The number of carbonyl (C=O) groups is 3. The minimum Gasteiger partial charge on any atom is -0.481 e. The molecular formula is C19H20FN3O4. The van der Waals surface area contributed by atoms with Crippen molar-refractivity contribution in [1.29, 1.82) is 0 Å². The van der Waals surface area contributed by atoms with Gasteiger partial charge in [0, 0.05) is 18.5 Å². The molecule has 1 atom stereocenters. The van der Waals surface area contributed by atoms with Gasteiger partial charge in [-0.3, -0.25) is 25.2 Å². The highest BCUT2D eigenvalue weighted by molar-refractivity contribution is 5.94. The molecule has 1 unspecified atom stereocenters. The van der Waals surface area contributed by atoms with Crippen LogP contribution in [0.4, 0.5) is 4.39 Å². The number of hydrazine groups is 1. The van der Waals surface area contributed by atoms with Crippen molar-refractivity contribution in [2.45, 2.75) is 19.4 Å². The first-order valence-corrected chi connectivity index (χ1v) is 8.30. The van der Waals surface area contributed by atoms with Crippen LogP contribution in [0.25, 0.3) is 0 Å². The molecule has 2 aromatic rings. The van der Waals surface area contributed by atoms with E-state index in [0.717, 1.165) is 0 Å². The average Bonchev–Trinajstić information content (AvgIpc) is 2.68. The Balaban J connectivity index is 1.66. The standard InChI is InChI=1S/C19H20FN3O4/c1-13(27-16-9-7-15(20)8-10-16)18(25)23-22-17(24)11-12-21-19(26)14-5-3-2-4-6-14/h2-10,13H,11-12H2,1H3,(H,21,26)(H,22,24)(H,23,25). The molecule has 0 saturated heterocycles. The summed E-state index contributed by atoms with van der Waals surface area (Å²) in [6.45, 7) is 1.61. The number of rotatable bonds is 7. The molecule has 142 valence electrons. The van der Waals surface area contributed by atoms with Gasteiger partial charge in [0.2, 0.25) is 5.91 Å². The predicted octanol–water partition coefficient (Wildman–Crippen LogP) is 1.56. The van der Waals surface area contributed by atoms with Crippen molar-refractivity contribution in [3.8, 4) is 5.75 Å². The summed E-state index contributed by atoms with van der Waals surface area (Å²) in [5, 5.41) is 2.61. The van der Waals surface area contributed by atoms with E-state index in [1.807, 2.05) is 0 Å². The summed E-state index contributed by atoms with van der Waals surface area (Å²) in [5.74, 6) is -1.40. The molecule has 0 heterocycles. The van der Waals surface area contributed by atoms with Crippen LogP contribution in [0.3, 0.4) is 0 Å². The van der Waals surface area contributed by atoms with Crippen molar-refractivity contribution in [2.24, 2.45) is 0 Å². The zero-order chi connectivity index (χ0) is 19.6. The summed E-state index contributed by atoms with van der Waals surface area (Å²) in [6.07, 6.45) is -0.903. The van der Waals surface area contributed by atoms with Crippen LogP contribution in [0, 0.1) is 5.82 Å². The molecule has 0 bridgehead atoms. The van der Waals surface area contributed by atoms with Gasteiger partial charge < -0.3 is 10.1 Å². The first kappa shape index (κ1) is 19.9. The highest BCUT2D eigenvalue weighted by atomic mass is 19.1. The number of carbonyl (C=O) groups excluding carboxylic acids is 3. The molecule has 0 saturated carbocycles. The van der Waals surface area contributed by atoms with Gasteiger partial charge in [0.15, 0.2) is 6.10 Å².